The smallest absolute Gasteiger partial charge is 0.264 e. The fraction of sp³-hybridized carbons (Fsp3) is 0.824. The first kappa shape index (κ1) is 17.7. The SMILES string of the molecule is CC(C)=C1CC[C@@]2(C)[C@H](OS(C)(=O)=O)CC[C@H](C=O)[C@]2(C)C1. The van der Waals surface area contributed by atoms with Crippen molar-refractivity contribution in [1.29, 1.82) is 0 Å². The third-order valence-electron chi connectivity index (χ3n) is 6.26. The van der Waals surface area contributed by atoms with Crippen LogP contribution in [0.4, 0.5) is 0 Å². The standard InChI is InChI=1S/C17H28O4S/c1-12(2)13-8-9-16(3)15(21-22(5,19)20)7-6-14(11-18)17(16,4)10-13/h11,14-15H,6-10H2,1-5H3/t14-,15-,16+,17+/m1/s1. The number of aldehydes is 1. The second-order valence-electron chi connectivity index (χ2n) is 7.72. The molecule has 0 N–H and O–H groups in total. The Bertz CT molecular complexity index is 588. The molecule has 5 heteroatoms. The van der Waals surface area contributed by atoms with Gasteiger partial charge in [-0.3, -0.25) is 4.18 Å². The quantitative estimate of drug-likeness (QED) is 0.452. The van der Waals surface area contributed by atoms with Crippen molar-refractivity contribution < 1.29 is 17.4 Å². The molecule has 2 saturated carbocycles. The molecule has 0 radical (unpaired) electrons. The first-order chi connectivity index (χ1) is 10.0. The summed E-state index contributed by atoms with van der Waals surface area (Å²) >= 11 is 0. The van der Waals surface area contributed by atoms with E-state index in [0.717, 1.165) is 31.8 Å². The van der Waals surface area contributed by atoms with Crippen molar-refractivity contribution in [3.05, 3.63) is 11.1 Å². The Morgan fingerprint density at radius 1 is 1.23 bits per heavy atom. The lowest BCUT2D eigenvalue weighted by molar-refractivity contribution is -0.144. The molecule has 0 heterocycles. The van der Waals surface area contributed by atoms with E-state index in [1.165, 1.54) is 11.1 Å². The Morgan fingerprint density at radius 2 is 1.86 bits per heavy atom. The van der Waals surface area contributed by atoms with Gasteiger partial charge in [-0.25, -0.2) is 0 Å². The highest BCUT2D eigenvalue weighted by molar-refractivity contribution is 7.86. The maximum absolute atomic E-state index is 11.7. The molecule has 126 valence electrons. The normalized spacial score (nSPS) is 39.2. The summed E-state index contributed by atoms with van der Waals surface area (Å²) in [6.45, 7) is 8.49. The van der Waals surface area contributed by atoms with E-state index in [4.69, 9.17) is 4.18 Å². The van der Waals surface area contributed by atoms with Crippen molar-refractivity contribution in [2.24, 2.45) is 16.7 Å². The number of fused-ring (bicyclic) bond motifs is 1. The predicted octanol–water partition coefficient (Wildman–Crippen LogP) is 3.47. The van der Waals surface area contributed by atoms with E-state index in [1.807, 2.05) is 0 Å². The molecule has 4 nitrogen and oxygen atoms in total. The molecule has 0 aromatic carbocycles. The summed E-state index contributed by atoms with van der Waals surface area (Å²) in [5.41, 5.74) is 2.19. The van der Waals surface area contributed by atoms with Crippen LogP contribution in [0.3, 0.4) is 0 Å². The second-order valence-corrected chi connectivity index (χ2v) is 9.32. The Kier molecular flexibility index (Phi) is 4.62. The molecule has 0 unspecified atom stereocenters. The van der Waals surface area contributed by atoms with Gasteiger partial charge < -0.3 is 4.79 Å². The van der Waals surface area contributed by atoms with Crippen LogP contribution in [0.1, 0.15) is 59.8 Å². The zero-order valence-electron chi connectivity index (χ0n) is 14.3. The van der Waals surface area contributed by atoms with E-state index >= 15 is 0 Å². The van der Waals surface area contributed by atoms with Gasteiger partial charge in [-0.1, -0.05) is 25.0 Å². The Labute approximate surface area is 134 Å². The summed E-state index contributed by atoms with van der Waals surface area (Å²) in [5.74, 6) is -0.0356. The topological polar surface area (TPSA) is 60.4 Å². The average Bonchev–Trinajstić information content (AvgIpc) is 2.38. The Balaban J connectivity index is 2.45. The number of hydrogen-bond donors (Lipinski definition) is 0. The molecule has 0 bridgehead atoms. The molecule has 0 saturated heterocycles. The lowest BCUT2D eigenvalue weighted by Gasteiger charge is -2.59. The lowest BCUT2D eigenvalue weighted by Crippen LogP contribution is -2.57. The highest BCUT2D eigenvalue weighted by Crippen LogP contribution is 2.62. The highest BCUT2D eigenvalue weighted by Gasteiger charge is 2.59. The Hall–Kier alpha value is -0.680. The second kappa shape index (κ2) is 5.75. The van der Waals surface area contributed by atoms with Crippen molar-refractivity contribution in [1.82, 2.24) is 0 Å². The van der Waals surface area contributed by atoms with E-state index in [0.29, 0.717) is 12.8 Å². The molecule has 2 rings (SSSR count). The summed E-state index contributed by atoms with van der Waals surface area (Å²) in [4.78, 5) is 11.7. The maximum Gasteiger partial charge on any atom is 0.264 e. The minimum atomic E-state index is -3.49. The largest absolute Gasteiger partial charge is 0.303 e. The number of allylic oxidation sites excluding steroid dienone is 2. The minimum Gasteiger partial charge on any atom is -0.303 e. The summed E-state index contributed by atoms with van der Waals surface area (Å²) in [6.07, 6.45) is 5.88. The van der Waals surface area contributed by atoms with Gasteiger partial charge in [-0.05, 0) is 51.4 Å². The maximum atomic E-state index is 11.7. The molecule has 22 heavy (non-hydrogen) atoms. The van der Waals surface area contributed by atoms with Crippen LogP contribution in [0.2, 0.25) is 0 Å². The van der Waals surface area contributed by atoms with Gasteiger partial charge in [0.05, 0.1) is 12.4 Å². The summed E-state index contributed by atoms with van der Waals surface area (Å²) in [5, 5.41) is 0. The third-order valence-corrected chi connectivity index (χ3v) is 6.84. The van der Waals surface area contributed by atoms with Crippen molar-refractivity contribution in [3.8, 4) is 0 Å². The van der Waals surface area contributed by atoms with Crippen LogP contribution in [-0.2, 0) is 19.1 Å². The van der Waals surface area contributed by atoms with E-state index < -0.39 is 10.1 Å². The van der Waals surface area contributed by atoms with Crippen LogP contribution in [-0.4, -0.2) is 27.1 Å². The van der Waals surface area contributed by atoms with Crippen molar-refractivity contribution in [2.45, 2.75) is 65.9 Å². The summed E-state index contributed by atoms with van der Waals surface area (Å²) in [7, 11) is -3.49. The average molecular weight is 328 g/mol. The van der Waals surface area contributed by atoms with Gasteiger partial charge in [0.25, 0.3) is 10.1 Å². The van der Waals surface area contributed by atoms with Crippen molar-refractivity contribution >= 4 is 16.4 Å². The van der Waals surface area contributed by atoms with Gasteiger partial charge in [0.1, 0.15) is 6.29 Å². The predicted molar refractivity (Wildman–Crippen MR) is 86.9 cm³/mol. The van der Waals surface area contributed by atoms with Crippen LogP contribution < -0.4 is 0 Å². The third kappa shape index (κ3) is 2.90. The van der Waals surface area contributed by atoms with Crippen LogP contribution in [0.5, 0.6) is 0 Å². The van der Waals surface area contributed by atoms with Gasteiger partial charge in [0, 0.05) is 11.3 Å². The number of hydrogen-bond acceptors (Lipinski definition) is 4. The van der Waals surface area contributed by atoms with Crippen molar-refractivity contribution in [2.75, 3.05) is 6.26 Å². The van der Waals surface area contributed by atoms with Gasteiger partial charge in [0.15, 0.2) is 0 Å². The molecule has 0 spiro atoms. The van der Waals surface area contributed by atoms with Gasteiger partial charge in [0.2, 0.25) is 0 Å². The molecule has 4 atom stereocenters. The monoisotopic (exact) mass is 328 g/mol. The molecular weight excluding hydrogens is 300 g/mol. The zero-order chi connectivity index (χ0) is 16.8. The van der Waals surface area contributed by atoms with Crippen LogP contribution >= 0.6 is 0 Å². The van der Waals surface area contributed by atoms with E-state index in [-0.39, 0.29) is 22.9 Å². The van der Waals surface area contributed by atoms with E-state index in [2.05, 4.69) is 27.7 Å². The van der Waals surface area contributed by atoms with E-state index in [1.54, 1.807) is 0 Å². The molecule has 0 aromatic rings. The molecule has 0 aromatic heterocycles. The fourth-order valence-electron chi connectivity index (χ4n) is 4.49. The van der Waals surface area contributed by atoms with Crippen LogP contribution in [0, 0.1) is 16.7 Å². The summed E-state index contributed by atoms with van der Waals surface area (Å²) in [6, 6.07) is 0. The number of carbonyl (C=O) groups is 1. The number of carbonyl (C=O) groups excluding carboxylic acids is 1. The summed E-state index contributed by atoms with van der Waals surface area (Å²) < 4.78 is 28.7. The number of rotatable bonds is 3. The lowest BCUT2D eigenvalue weighted by atomic mass is 9.46. The molecular formula is C17H28O4S. The highest BCUT2D eigenvalue weighted by atomic mass is 32.2. The first-order valence-corrected chi connectivity index (χ1v) is 9.84. The van der Waals surface area contributed by atoms with Crippen LogP contribution in [0.15, 0.2) is 11.1 Å². The molecule has 2 aliphatic carbocycles. The zero-order valence-corrected chi connectivity index (χ0v) is 15.1. The van der Waals surface area contributed by atoms with Crippen molar-refractivity contribution in [3.63, 3.8) is 0 Å². The van der Waals surface area contributed by atoms with E-state index in [9.17, 15) is 13.2 Å². The molecule has 0 amide bonds. The van der Waals surface area contributed by atoms with Gasteiger partial charge in [-0.15, -0.1) is 0 Å². The van der Waals surface area contributed by atoms with Crippen LogP contribution in [0.25, 0.3) is 0 Å². The van der Waals surface area contributed by atoms with Gasteiger partial charge >= 0.3 is 0 Å². The Morgan fingerprint density at radius 3 is 2.36 bits per heavy atom. The fourth-order valence-corrected chi connectivity index (χ4v) is 5.22. The first-order valence-electron chi connectivity index (χ1n) is 8.02. The molecule has 2 fully saturated rings. The molecule has 0 aliphatic heterocycles. The molecule has 2 aliphatic rings. The van der Waals surface area contributed by atoms with Gasteiger partial charge in [-0.2, -0.15) is 8.42 Å². The minimum absolute atomic E-state index is 0.0356.